The Morgan fingerprint density at radius 2 is 1.64 bits per heavy atom. The zero-order chi connectivity index (χ0) is 8.85. The van der Waals surface area contributed by atoms with Crippen molar-refractivity contribution in [3.8, 4) is 0 Å². The van der Waals surface area contributed by atoms with E-state index in [1.807, 2.05) is 0 Å². The van der Waals surface area contributed by atoms with Crippen molar-refractivity contribution < 1.29 is 19.1 Å². The Morgan fingerprint density at radius 3 is 1.82 bits per heavy atom. The molecule has 0 saturated carbocycles. The lowest BCUT2D eigenvalue weighted by Gasteiger charge is -2.11. The third-order valence-corrected chi connectivity index (χ3v) is 1.19. The van der Waals surface area contributed by atoms with Crippen LogP contribution < -0.4 is 11.5 Å². The van der Waals surface area contributed by atoms with E-state index >= 15 is 0 Å². The molecule has 0 saturated heterocycles. The smallest absolute Gasteiger partial charge is 0.399 e. The second-order valence-electron chi connectivity index (χ2n) is 1.40. The first-order valence-corrected chi connectivity index (χ1v) is 3.80. The molecule has 0 rings (SSSR count). The van der Waals surface area contributed by atoms with Gasteiger partial charge in [-0.1, -0.05) is 11.8 Å². The molecule has 0 aromatic carbocycles. The zero-order valence-electron chi connectivity index (χ0n) is 5.77. The van der Waals surface area contributed by atoms with Gasteiger partial charge in [0.05, 0.1) is 0 Å². The Kier molecular flexibility index (Phi) is 4.20. The molecule has 0 unspecified atom stereocenters. The summed E-state index contributed by atoms with van der Waals surface area (Å²) in [6.07, 6.45) is -0.479. The van der Waals surface area contributed by atoms with Crippen LogP contribution in [0.3, 0.4) is 0 Å². The van der Waals surface area contributed by atoms with Gasteiger partial charge in [0.2, 0.25) is 0 Å². The molecule has 0 aromatic heterocycles. The van der Waals surface area contributed by atoms with Gasteiger partial charge < -0.3 is 20.9 Å². The minimum Gasteiger partial charge on any atom is -0.399 e. The van der Waals surface area contributed by atoms with Gasteiger partial charge in [-0.2, -0.15) is 0 Å². The van der Waals surface area contributed by atoms with E-state index in [1.54, 1.807) is 6.26 Å². The summed E-state index contributed by atoms with van der Waals surface area (Å²) in [5.41, 5.74) is 8.21. The molecule has 0 aliphatic rings. The van der Waals surface area contributed by atoms with Crippen LogP contribution in [0.1, 0.15) is 0 Å². The first-order chi connectivity index (χ1) is 5.06. The molecule has 6 nitrogen and oxygen atoms in total. The summed E-state index contributed by atoms with van der Waals surface area (Å²) in [6, 6.07) is 0. The van der Waals surface area contributed by atoms with Crippen LogP contribution in [0.15, 0.2) is 0 Å². The average molecular weight is 180 g/mol. The van der Waals surface area contributed by atoms with E-state index in [-0.39, 0.29) is 0 Å². The van der Waals surface area contributed by atoms with Gasteiger partial charge in [-0.15, -0.1) is 0 Å². The molecule has 11 heavy (non-hydrogen) atoms. The highest BCUT2D eigenvalue weighted by molar-refractivity contribution is 7.98. The molecule has 0 heterocycles. The maximum atomic E-state index is 10.1. The fourth-order valence-electron chi connectivity index (χ4n) is 0.310. The van der Waals surface area contributed by atoms with Crippen LogP contribution in [-0.2, 0) is 9.47 Å². The van der Waals surface area contributed by atoms with Crippen LogP contribution in [0.5, 0.6) is 0 Å². The largest absolute Gasteiger partial charge is 0.408 e. The maximum absolute atomic E-state index is 10.1. The standard InChI is InChI=1S/C4H8N2O4S/c1-11-4(9-2(5)7)10-3(6)8/h4H,1H3,(H2,5,7)(H2,6,8). The van der Waals surface area contributed by atoms with E-state index < -0.39 is 17.8 Å². The van der Waals surface area contributed by atoms with Crippen LogP contribution in [0.25, 0.3) is 0 Å². The number of rotatable bonds is 3. The van der Waals surface area contributed by atoms with E-state index in [0.29, 0.717) is 0 Å². The Hall–Kier alpha value is -1.11. The summed E-state index contributed by atoms with van der Waals surface area (Å²) in [6.45, 7) is 0. The second kappa shape index (κ2) is 4.67. The summed E-state index contributed by atoms with van der Waals surface area (Å²) in [5.74, 6) is 0. The van der Waals surface area contributed by atoms with Gasteiger partial charge in [0.1, 0.15) is 0 Å². The maximum Gasteiger partial charge on any atom is 0.408 e. The van der Waals surface area contributed by atoms with Crippen LogP contribution >= 0.6 is 11.8 Å². The van der Waals surface area contributed by atoms with E-state index in [1.165, 1.54) is 0 Å². The normalized spacial score (nSPS) is 9.27. The summed E-state index contributed by atoms with van der Waals surface area (Å²) < 4.78 is 8.58. The molecule has 0 radical (unpaired) electrons. The van der Waals surface area contributed by atoms with Crippen molar-refractivity contribution in [1.29, 1.82) is 0 Å². The number of nitrogens with two attached hydrogens (primary N) is 2. The molecule has 0 spiro atoms. The van der Waals surface area contributed by atoms with Crippen LogP contribution in [-0.4, -0.2) is 24.1 Å². The zero-order valence-corrected chi connectivity index (χ0v) is 6.59. The SMILES string of the molecule is CSC(OC(N)=O)OC(N)=O. The monoisotopic (exact) mass is 180 g/mol. The average Bonchev–Trinajstić information content (AvgIpc) is 1.84. The minimum atomic E-state index is -1.06. The summed E-state index contributed by atoms with van der Waals surface area (Å²) in [4.78, 5) is 20.2. The Morgan fingerprint density at radius 1 is 1.27 bits per heavy atom. The lowest BCUT2D eigenvalue weighted by Crippen LogP contribution is -2.27. The number of primary amides is 2. The van der Waals surface area contributed by atoms with Crippen molar-refractivity contribution in [3.63, 3.8) is 0 Å². The molecule has 0 aliphatic heterocycles. The van der Waals surface area contributed by atoms with Crippen molar-refractivity contribution in [2.24, 2.45) is 11.5 Å². The lowest BCUT2D eigenvalue weighted by molar-refractivity contribution is 0.00680. The fraction of sp³-hybridized carbons (Fsp3) is 0.500. The third kappa shape index (κ3) is 5.34. The second-order valence-corrected chi connectivity index (χ2v) is 2.25. The van der Waals surface area contributed by atoms with Crippen molar-refractivity contribution in [2.45, 2.75) is 5.62 Å². The number of hydrogen-bond donors (Lipinski definition) is 2. The van der Waals surface area contributed by atoms with Crippen molar-refractivity contribution in [2.75, 3.05) is 6.26 Å². The Balaban J connectivity index is 3.76. The number of carbonyl (C=O) groups is 2. The van der Waals surface area contributed by atoms with Gasteiger partial charge in [-0.05, 0) is 6.26 Å². The van der Waals surface area contributed by atoms with E-state index in [0.717, 1.165) is 11.8 Å². The number of hydrogen-bond acceptors (Lipinski definition) is 5. The van der Waals surface area contributed by atoms with Gasteiger partial charge in [0.25, 0.3) is 5.62 Å². The highest BCUT2D eigenvalue weighted by Crippen LogP contribution is 2.08. The molecule has 64 valence electrons. The summed E-state index contributed by atoms with van der Waals surface area (Å²) >= 11 is 0.980. The van der Waals surface area contributed by atoms with Gasteiger partial charge in [0.15, 0.2) is 0 Å². The third-order valence-electron chi connectivity index (χ3n) is 0.617. The molecule has 0 atom stereocenters. The predicted octanol–water partition coefficient (Wildman–Crippen LogP) is -0.176. The Bertz CT molecular complexity index is 146. The number of ether oxygens (including phenoxy) is 2. The topological polar surface area (TPSA) is 105 Å². The van der Waals surface area contributed by atoms with Gasteiger partial charge in [0, 0.05) is 0 Å². The number of thioether (sulfide) groups is 1. The summed E-state index contributed by atoms with van der Waals surface area (Å²) in [5, 5.41) is 0. The van der Waals surface area contributed by atoms with E-state index in [2.05, 4.69) is 20.9 Å². The first-order valence-electron chi connectivity index (χ1n) is 2.51. The summed E-state index contributed by atoms with van der Waals surface area (Å²) in [7, 11) is 0. The number of amides is 2. The van der Waals surface area contributed by atoms with Gasteiger partial charge in [-0.3, -0.25) is 0 Å². The molecule has 0 fully saturated rings. The highest BCUT2D eigenvalue weighted by atomic mass is 32.2. The molecule has 7 heteroatoms. The van der Waals surface area contributed by atoms with Crippen molar-refractivity contribution in [3.05, 3.63) is 0 Å². The molecular formula is C4H8N2O4S. The lowest BCUT2D eigenvalue weighted by atomic mass is 11.1. The molecule has 4 N–H and O–H groups in total. The highest BCUT2D eigenvalue weighted by Gasteiger charge is 2.13. The molecule has 0 bridgehead atoms. The molecular weight excluding hydrogens is 172 g/mol. The molecule has 0 aromatic rings. The van der Waals surface area contributed by atoms with Gasteiger partial charge >= 0.3 is 12.2 Å². The van der Waals surface area contributed by atoms with E-state index in [4.69, 9.17) is 0 Å². The van der Waals surface area contributed by atoms with Crippen molar-refractivity contribution >= 4 is 23.9 Å². The molecule has 0 aliphatic carbocycles. The van der Waals surface area contributed by atoms with Crippen LogP contribution in [0.4, 0.5) is 9.59 Å². The predicted molar refractivity (Wildman–Crippen MR) is 38.6 cm³/mol. The van der Waals surface area contributed by atoms with E-state index in [9.17, 15) is 9.59 Å². The quantitative estimate of drug-likeness (QED) is 0.586. The van der Waals surface area contributed by atoms with Crippen LogP contribution in [0.2, 0.25) is 0 Å². The van der Waals surface area contributed by atoms with Crippen LogP contribution in [0, 0.1) is 0 Å². The first kappa shape index (κ1) is 9.89. The fourth-order valence-corrected chi connectivity index (χ4v) is 0.692. The number of carbonyl (C=O) groups excluding carboxylic acids is 2. The van der Waals surface area contributed by atoms with Crippen molar-refractivity contribution in [1.82, 2.24) is 0 Å². The minimum absolute atomic E-state index is 0.980. The molecule has 2 amide bonds. The van der Waals surface area contributed by atoms with Gasteiger partial charge in [-0.25, -0.2) is 9.59 Å². The Labute approximate surface area is 67.2 Å².